The lowest BCUT2D eigenvalue weighted by Crippen LogP contribution is -2.33. The molecule has 1 aromatic carbocycles. The Hall–Kier alpha value is -3.16. The Morgan fingerprint density at radius 1 is 1.28 bits per heavy atom. The van der Waals surface area contributed by atoms with Gasteiger partial charge in [-0.05, 0) is 31.2 Å². The SMILES string of the molecule is CCN(CC(=O)Nc1ccc(OC)cc1)c1ncnc2c1cnn2C. The molecule has 3 aromatic rings. The van der Waals surface area contributed by atoms with E-state index in [1.54, 1.807) is 42.3 Å². The number of methoxy groups -OCH3 is 1. The van der Waals surface area contributed by atoms with E-state index in [1.165, 1.54) is 6.33 Å². The fourth-order valence-electron chi connectivity index (χ4n) is 2.59. The van der Waals surface area contributed by atoms with E-state index in [-0.39, 0.29) is 12.5 Å². The average Bonchev–Trinajstić information content (AvgIpc) is 3.02. The first-order chi connectivity index (χ1) is 12.1. The molecule has 0 atom stereocenters. The van der Waals surface area contributed by atoms with Crippen LogP contribution >= 0.6 is 0 Å². The molecule has 0 aliphatic rings. The van der Waals surface area contributed by atoms with Gasteiger partial charge in [0, 0.05) is 19.3 Å². The number of fused-ring (bicyclic) bond motifs is 1. The van der Waals surface area contributed by atoms with Crippen molar-refractivity contribution >= 4 is 28.4 Å². The minimum absolute atomic E-state index is 0.123. The van der Waals surface area contributed by atoms with Crippen LogP contribution in [0, 0.1) is 0 Å². The lowest BCUT2D eigenvalue weighted by molar-refractivity contribution is -0.115. The smallest absolute Gasteiger partial charge is 0.243 e. The summed E-state index contributed by atoms with van der Waals surface area (Å²) in [6.07, 6.45) is 3.21. The zero-order valence-electron chi connectivity index (χ0n) is 14.4. The van der Waals surface area contributed by atoms with E-state index in [9.17, 15) is 4.79 Å². The summed E-state index contributed by atoms with van der Waals surface area (Å²) in [5, 5.41) is 7.92. The van der Waals surface area contributed by atoms with Gasteiger partial charge in [-0.3, -0.25) is 9.48 Å². The molecule has 0 fully saturated rings. The van der Waals surface area contributed by atoms with Gasteiger partial charge >= 0.3 is 0 Å². The number of rotatable bonds is 6. The summed E-state index contributed by atoms with van der Waals surface area (Å²) in [5.41, 5.74) is 1.45. The molecule has 0 saturated heterocycles. The first-order valence-electron chi connectivity index (χ1n) is 7.94. The van der Waals surface area contributed by atoms with Crippen LogP contribution in [0.2, 0.25) is 0 Å². The molecule has 2 heterocycles. The first kappa shape index (κ1) is 16.7. The van der Waals surface area contributed by atoms with Crippen LogP contribution in [0.3, 0.4) is 0 Å². The lowest BCUT2D eigenvalue weighted by atomic mass is 10.3. The summed E-state index contributed by atoms with van der Waals surface area (Å²) in [4.78, 5) is 22.9. The van der Waals surface area contributed by atoms with Crippen molar-refractivity contribution in [1.29, 1.82) is 0 Å². The fraction of sp³-hybridized carbons (Fsp3) is 0.294. The molecule has 0 unspecified atom stereocenters. The molecule has 0 aliphatic heterocycles. The molecule has 2 aromatic heterocycles. The van der Waals surface area contributed by atoms with Crippen molar-refractivity contribution in [1.82, 2.24) is 19.7 Å². The Kier molecular flexibility index (Phi) is 4.78. The minimum atomic E-state index is -0.123. The Labute approximate surface area is 145 Å². The summed E-state index contributed by atoms with van der Waals surface area (Å²) in [6.45, 7) is 2.80. The van der Waals surface area contributed by atoms with Crippen molar-refractivity contribution < 1.29 is 9.53 Å². The molecule has 8 heteroatoms. The second-order valence-corrected chi connectivity index (χ2v) is 5.49. The van der Waals surface area contributed by atoms with Crippen molar-refractivity contribution in [3.63, 3.8) is 0 Å². The largest absolute Gasteiger partial charge is 0.497 e. The number of nitrogens with zero attached hydrogens (tertiary/aromatic N) is 5. The number of benzene rings is 1. The first-order valence-corrected chi connectivity index (χ1v) is 7.94. The normalized spacial score (nSPS) is 10.7. The van der Waals surface area contributed by atoms with Gasteiger partial charge in [0.15, 0.2) is 5.65 Å². The van der Waals surface area contributed by atoms with E-state index in [1.807, 2.05) is 18.9 Å². The highest BCUT2D eigenvalue weighted by atomic mass is 16.5. The monoisotopic (exact) mass is 340 g/mol. The number of amides is 1. The highest BCUT2D eigenvalue weighted by Gasteiger charge is 2.16. The van der Waals surface area contributed by atoms with Gasteiger partial charge in [0.1, 0.15) is 17.9 Å². The Morgan fingerprint density at radius 2 is 2.04 bits per heavy atom. The zero-order valence-corrected chi connectivity index (χ0v) is 14.4. The van der Waals surface area contributed by atoms with Crippen LogP contribution < -0.4 is 15.0 Å². The number of likely N-dealkylation sites (N-methyl/N-ethyl adjacent to an activating group) is 1. The number of carbonyl (C=O) groups excluding carboxylic acids is 1. The molecule has 0 spiro atoms. The molecule has 8 nitrogen and oxygen atoms in total. The lowest BCUT2D eigenvalue weighted by Gasteiger charge is -2.21. The van der Waals surface area contributed by atoms with Gasteiger partial charge in [-0.15, -0.1) is 0 Å². The number of aromatic nitrogens is 4. The second kappa shape index (κ2) is 7.16. The topological polar surface area (TPSA) is 85.2 Å². The molecular formula is C17H20N6O2. The molecule has 3 rings (SSSR count). The highest BCUT2D eigenvalue weighted by Crippen LogP contribution is 2.22. The number of hydrogen-bond donors (Lipinski definition) is 1. The van der Waals surface area contributed by atoms with Crippen LogP contribution in [0.5, 0.6) is 5.75 Å². The predicted octanol–water partition coefficient (Wildman–Crippen LogP) is 1.84. The van der Waals surface area contributed by atoms with Crippen molar-refractivity contribution in [3.05, 3.63) is 36.8 Å². The number of anilines is 2. The van der Waals surface area contributed by atoms with E-state index in [4.69, 9.17) is 4.74 Å². The van der Waals surface area contributed by atoms with Crippen LogP contribution in [0.4, 0.5) is 11.5 Å². The third-order valence-electron chi connectivity index (χ3n) is 3.90. The molecular weight excluding hydrogens is 320 g/mol. The van der Waals surface area contributed by atoms with Gasteiger partial charge in [0.25, 0.3) is 0 Å². The zero-order chi connectivity index (χ0) is 17.8. The van der Waals surface area contributed by atoms with Gasteiger partial charge in [0.05, 0.1) is 25.2 Å². The molecule has 0 radical (unpaired) electrons. The van der Waals surface area contributed by atoms with E-state index < -0.39 is 0 Å². The second-order valence-electron chi connectivity index (χ2n) is 5.49. The highest BCUT2D eigenvalue weighted by molar-refractivity contribution is 5.96. The van der Waals surface area contributed by atoms with E-state index in [0.717, 1.165) is 22.5 Å². The molecule has 25 heavy (non-hydrogen) atoms. The average molecular weight is 340 g/mol. The van der Waals surface area contributed by atoms with Crippen LogP contribution in [-0.4, -0.2) is 45.9 Å². The summed E-state index contributed by atoms with van der Waals surface area (Å²) in [5.74, 6) is 1.32. The minimum Gasteiger partial charge on any atom is -0.497 e. The third kappa shape index (κ3) is 3.52. The van der Waals surface area contributed by atoms with Gasteiger partial charge in [-0.2, -0.15) is 5.10 Å². The number of nitrogens with one attached hydrogen (secondary N) is 1. The van der Waals surface area contributed by atoms with Crippen LogP contribution in [0.1, 0.15) is 6.92 Å². The number of hydrogen-bond acceptors (Lipinski definition) is 6. The maximum Gasteiger partial charge on any atom is 0.243 e. The number of carbonyl (C=O) groups is 1. The van der Waals surface area contributed by atoms with E-state index >= 15 is 0 Å². The Bertz CT molecular complexity index is 874. The third-order valence-corrected chi connectivity index (χ3v) is 3.90. The van der Waals surface area contributed by atoms with Gasteiger partial charge in [-0.1, -0.05) is 0 Å². The molecule has 0 saturated carbocycles. The van der Waals surface area contributed by atoms with E-state index in [0.29, 0.717) is 12.4 Å². The molecule has 1 N–H and O–H groups in total. The summed E-state index contributed by atoms with van der Waals surface area (Å²) in [7, 11) is 3.43. The predicted molar refractivity (Wildman–Crippen MR) is 95.8 cm³/mol. The molecule has 0 aliphatic carbocycles. The van der Waals surface area contributed by atoms with Crippen molar-refractivity contribution in [2.75, 3.05) is 30.4 Å². The fourth-order valence-corrected chi connectivity index (χ4v) is 2.59. The van der Waals surface area contributed by atoms with Gasteiger partial charge < -0.3 is 15.0 Å². The van der Waals surface area contributed by atoms with Crippen molar-refractivity contribution in [3.8, 4) is 5.75 Å². The standard InChI is InChI=1S/C17H20N6O2/c1-4-23(17-14-9-20-22(2)16(14)18-11-19-17)10-15(24)21-12-5-7-13(25-3)8-6-12/h5-9,11H,4,10H2,1-3H3,(H,21,24). The van der Waals surface area contributed by atoms with E-state index in [2.05, 4.69) is 20.4 Å². The van der Waals surface area contributed by atoms with Crippen LogP contribution in [0.25, 0.3) is 11.0 Å². The van der Waals surface area contributed by atoms with Gasteiger partial charge in [-0.25, -0.2) is 9.97 Å². The van der Waals surface area contributed by atoms with Crippen LogP contribution in [0.15, 0.2) is 36.8 Å². The Balaban J connectivity index is 1.75. The summed E-state index contributed by atoms with van der Waals surface area (Å²) in [6, 6.07) is 7.21. The number of aryl methyl sites for hydroxylation is 1. The number of ether oxygens (including phenoxy) is 1. The van der Waals surface area contributed by atoms with Crippen molar-refractivity contribution in [2.45, 2.75) is 6.92 Å². The van der Waals surface area contributed by atoms with Crippen molar-refractivity contribution in [2.24, 2.45) is 7.05 Å². The maximum atomic E-state index is 12.4. The van der Waals surface area contributed by atoms with Crippen LogP contribution in [-0.2, 0) is 11.8 Å². The molecule has 1 amide bonds. The summed E-state index contributed by atoms with van der Waals surface area (Å²) >= 11 is 0. The quantitative estimate of drug-likeness (QED) is 0.737. The van der Waals surface area contributed by atoms with Gasteiger partial charge in [0.2, 0.25) is 5.91 Å². The molecule has 0 bridgehead atoms. The Morgan fingerprint density at radius 3 is 2.72 bits per heavy atom. The molecule has 130 valence electrons. The summed E-state index contributed by atoms with van der Waals surface area (Å²) < 4.78 is 6.80. The maximum absolute atomic E-state index is 12.4.